The van der Waals surface area contributed by atoms with Crippen LogP contribution in [0.15, 0.2) is 24.3 Å². The molecule has 1 aliphatic carbocycles. The summed E-state index contributed by atoms with van der Waals surface area (Å²) in [5.41, 5.74) is 1.81. The highest BCUT2D eigenvalue weighted by Gasteiger charge is 2.39. The first kappa shape index (κ1) is 18.0. The second-order valence-corrected chi connectivity index (χ2v) is 8.30. The highest BCUT2D eigenvalue weighted by molar-refractivity contribution is 5.94. The van der Waals surface area contributed by atoms with E-state index in [0.29, 0.717) is 18.8 Å². The predicted molar refractivity (Wildman–Crippen MR) is 97.3 cm³/mol. The van der Waals surface area contributed by atoms with Crippen molar-refractivity contribution in [2.24, 2.45) is 0 Å². The summed E-state index contributed by atoms with van der Waals surface area (Å²) in [6.07, 6.45) is 7.05. The highest BCUT2D eigenvalue weighted by Crippen LogP contribution is 2.36. The van der Waals surface area contributed by atoms with E-state index in [1.165, 1.54) is 42.6 Å². The molecule has 0 spiro atoms. The minimum absolute atomic E-state index is 0.143. The van der Waals surface area contributed by atoms with E-state index < -0.39 is 11.7 Å². The molecule has 0 N–H and O–H groups in total. The minimum atomic E-state index is -0.602. The van der Waals surface area contributed by atoms with Crippen molar-refractivity contribution in [1.82, 2.24) is 4.90 Å². The van der Waals surface area contributed by atoms with Crippen molar-refractivity contribution < 1.29 is 14.3 Å². The van der Waals surface area contributed by atoms with Gasteiger partial charge in [0.05, 0.1) is 6.04 Å². The van der Waals surface area contributed by atoms with Crippen LogP contribution in [0.4, 0.5) is 4.79 Å². The van der Waals surface area contributed by atoms with Crippen LogP contribution < -0.4 is 0 Å². The summed E-state index contributed by atoms with van der Waals surface area (Å²) in [4.78, 5) is 26.0. The number of likely N-dealkylation sites (tertiary alicyclic amines) is 1. The van der Waals surface area contributed by atoms with Gasteiger partial charge in [-0.2, -0.15) is 0 Å². The Morgan fingerprint density at radius 1 is 1.00 bits per heavy atom. The normalized spacial score (nSPS) is 22.3. The zero-order chi connectivity index (χ0) is 18.0. The molecule has 1 aliphatic heterocycles. The molecule has 136 valence electrons. The van der Waals surface area contributed by atoms with E-state index in [-0.39, 0.29) is 11.9 Å². The number of hydrogen-bond acceptors (Lipinski definition) is 3. The molecule has 1 aromatic rings. The van der Waals surface area contributed by atoms with E-state index in [1.54, 1.807) is 0 Å². The molecule has 4 heteroatoms. The average Bonchev–Trinajstić information content (AvgIpc) is 2.96. The molecular formula is C21H29NO3. The third-order valence-corrected chi connectivity index (χ3v) is 5.20. The van der Waals surface area contributed by atoms with E-state index in [0.717, 1.165) is 5.56 Å². The smallest absolute Gasteiger partial charge is 0.417 e. The van der Waals surface area contributed by atoms with Gasteiger partial charge in [-0.25, -0.2) is 9.69 Å². The average molecular weight is 343 g/mol. The van der Waals surface area contributed by atoms with Gasteiger partial charge in [-0.15, -0.1) is 0 Å². The van der Waals surface area contributed by atoms with E-state index in [1.807, 2.05) is 20.8 Å². The van der Waals surface area contributed by atoms with Crippen molar-refractivity contribution in [3.8, 4) is 0 Å². The first-order valence-electron chi connectivity index (χ1n) is 9.50. The fourth-order valence-corrected chi connectivity index (χ4v) is 3.97. The van der Waals surface area contributed by atoms with Crippen LogP contribution in [0.5, 0.6) is 0 Å². The molecule has 2 amide bonds. The van der Waals surface area contributed by atoms with Crippen molar-refractivity contribution in [1.29, 1.82) is 0 Å². The summed E-state index contributed by atoms with van der Waals surface area (Å²) in [5, 5.41) is 0. The Morgan fingerprint density at radius 3 is 2.20 bits per heavy atom. The highest BCUT2D eigenvalue weighted by atomic mass is 16.6. The van der Waals surface area contributed by atoms with Crippen LogP contribution in [0.25, 0.3) is 0 Å². The van der Waals surface area contributed by atoms with Gasteiger partial charge in [-0.3, -0.25) is 4.79 Å². The monoisotopic (exact) mass is 343 g/mol. The topological polar surface area (TPSA) is 46.6 Å². The molecule has 4 nitrogen and oxygen atoms in total. The number of carbonyl (C=O) groups excluding carboxylic acids is 2. The second kappa shape index (κ2) is 7.19. The SMILES string of the molecule is CC(C)(C)OC(=O)N1C(=O)CCC1c1ccc(C2CCCCC2)cc1. The number of benzene rings is 1. The van der Waals surface area contributed by atoms with E-state index in [9.17, 15) is 9.59 Å². The van der Waals surface area contributed by atoms with E-state index in [2.05, 4.69) is 24.3 Å². The Morgan fingerprint density at radius 2 is 1.60 bits per heavy atom. The molecule has 1 aromatic carbocycles. The number of carbonyl (C=O) groups is 2. The summed E-state index contributed by atoms with van der Waals surface area (Å²) in [6.45, 7) is 5.46. The molecule has 1 unspecified atom stereocenters. The summed E-state index contributed by atoms with van der Waals surface area (Å²) < 4.78 is 5.43. The van der Waals surface area contributed by atoms with Gasteiger partial charge in [0.1, 0.15) is 5.60 Å². The lowest BCUT2D eigenvalue weighted by Crippen LogP contribution is -2.38. The van der Waals surface area contributed by atoms with Crippen molar-refractivity contribution in [2.75, 3.05) is 0 Å². The number of nitrogens with zero attached hydrogens (tertiary/aromatic N) is 1. The Hall–Kier alpha value is -1.84. The number of imide groups is 1. The number of hydrogen-bond donors (Lipinski definition) is 0. The molecule has 1 saturated heterocycles. The molecule has 3 rings (SSSR count). The molecule has 25 heavy (non-hydrogen) atoms. The van der Waals surface area contributed by atoms with Gasteiger partial charge < -0.3 is 4.74 Å². The molecule has 1 atom stereocenters. The molecule has 2 aliphatic rings. The maximum atomic E-state index is 12.5. The van der Waals surface area contributed by atoms with Crippen LogP contribution in [-0.2, 0) is 9.53 Å². The van der Waals surface area contributed by atoms with Gasteiger partial charge in [0.25, 0.3) is 0 Å². The Labute approximate surface area is 150 Å². The van der Waals surface area contributed by atoms with Crippen molar-refractivity contribution in [3.63, 3.8) is 0 Å². The van der Waals surface area contributed by atoms with Crippen LogP contribution in [0.3, 0.4) is 0 Å². The first-order valence-corrected chi connectivity index (χ1v) is 9.50. The van der Waals surface area contributed by atoms with Crippen LogP contribution in [0.1, 0.15) is 88.8 Å². The van der Waals surface area contributed by atoms with Crippen LogP contribution >= 0.6 is 0 Å². The second-order valence-electron chi connectivity index (χ2n) is 8.30. The predicted octanol–water partition coefficient (Wildman–Crippen LogP) is 5.33. The molecule has 0 bridgehead atoms. The van der Waals surface area contributed by atoms with Crippen molar-refractivity contribution in [3.05, 3.63) is 35.4 Å². The Kier molecular flexibility index (Phi) is 5.16. The molecule has 0 aromatic heterocycles. The molecule has 1 heterocycles. The maximum absolute atomic E-state index is 12.5. The largest absolute Gasteiger partial charge is 0.443 e. The fourth-order valence-electron chi connectivity index (χ4n) is 3.97. The van der Waals surface area contributed by atoms with Gasteiger partial charge in [-0.05, 0) is 57.1 Å². The number of amides is 2. The lowest BCUT2D eigenvalue weighted by atomic mass is 9.83. The summed E-state index contributed by atoms with van der Waals surface area (Å²) >= 11 is 0. The Bertz CT molecular complexity index is 624. The summed E-state index contributed by atoms with van der Waals surface area (Å²) in [5.74, 6) is 0.519. The molecular weight excluding hydrogens is 314 g/mol. The minimum Gasteiger partial charge on any atom is -0.443 e. The van der Waals surface area contributed by atoms with Crippen LogP contribution in [0.2, 0.25) is 0 Å². The zero-order valence-corrected chi connectivity index (χ0v) is 15.6. The van der Waals surface area contributed by atoms with Crippen molar-refractivity contribution in [2.45, 2.75) is 83.3 Å². The lowest BCUT2D eigenvalue weighted by Gasteiger charge is -2.28. The van der Waals surface area contributed by atoms with Gasteiger partial charge in [0.15, 0.2) is 0 Å². The van der Waals surface area contributed by atoms with Crippen molar-refractivity contribution >= 4 is 12.0 Å². The molecule has 0 radical (unpaired) electrons. The van der Waals surface area contributed by atoms with Crippen LogP contribution in [-0.4, -0.2) is 22.5 Å². The van der Waals surface area contributed by atoms with Gasteiger partial charge in [0.2, 0.25) is 5.91 Å². The van der Waals surface area contributed by atoms with E-state index >= 15 is 0 Å². The summed E-state index contributed by atoms with van der Waals surface area (Å²) in [7, 11) is 0. The third kappa shape index (κ3) is 4.23. The Balaban J connectivity index is 1.75. The quantitative estimate of drug-likeness (QED) is 0.729. The van der Waals surface area contributed by atoms with Gasteiger partial charge >= 0.3 is 6.09 Å². The zero-order valence-electron chi connectivity index (χ0n) is 15.6. The number of ether oxygens (including phenoxy) is 1. The summed E-state index contributed by atoms with van der Waals surface area (Å²) in [6, 6.07) is 8.33. The standard InChI is InChI=1S/C21H29NO3/c1-21(2,3)25-20(24)22-18(13-14-19(22)23)17-11-9-16(10-12-17)15-7-5-4-6-8-15/h9-12,15,18H,4-8,13-14H2,1-3H3. The fraction of sp³-hybridized carbons (Fsp3) is 0.619. The maximum Gasteiger partial charge on any atom is 0.417 e. The molecule has 2 fully saturated rings. The van der Waals surface area contributed by atoms with E-state index in [4.69, 9.17) is 4.74 Å². The molecule has 1 saturated carbocycles. The van der Waals surface area contributed by atoms with Gasteiger partial charge in [-0.1, -0.05) is 43.5 Å². The van der Waals surface area contributed by atoms with Gasteiger partial charge in [0, 0.05) is 6.42 Å². The third-order valence-electron chi connectivity index (χ3n) is 5.20. The first-order chi connectivity index (χ1) is 11.8. The van der Waals surface area contributed by atoms with Crippen LogP contribution in [0, 0.1) is 0 Å². The lowest BCUT2D eigenvalue weighted by molar-refractivity contribution is -0.128. The number of rotatable bonds is 2.